The van der Waals surface area contributed by atoms with E-state index in [4.69, 9.17) is 0 Å². The highest BCUT2D eigenvalue weighted by Gasteiger charge is 2.18. The summed E-state index contributed by atoms with van der Waals surface area (Å²) in [6.45, 7) is -0.00762. The van der Waals surface area contributed by atoms with E-state index in [-0.39, 0.29) is 11.4 Å². The molecule has 0 amide bonds. The van der Waals surface area contributed by atoms with Crippen LogP contribution in [0.5, 0.6) is 0 Å². The molecule has 2 rings (SSSR count). The molecule has 0 aliphatic carbocycles. The molecule has 0 atom stereocenters. The molecule has 10 heteroatoms. The minimum atomic E-state index is -3.77. The van der Waals surface area contributed by atoms with E-state index in [1.807, 2.05) is 0 Å². The van der Waals surface area contributed by atoms with E-state index >= 15 is 0 Å². The molecular weight excluding hydrogens is 274 g/mol. The standard InChI is InChI=1S/C9H9N5O4S/c15-14(16)9-2-1-7(5-12-9)19(17,18)13-6-8-10-3-4-11-8/h1-5,13H,6H2,(H,10,11). The molecule has 0 aliphatic heterocycles. The largest absolute Gasteiger partial charge is 0.363 e. The summed E-state index contributed by atoms with van der Waals surface area (Å²) in [7, 11) is -3.77. The van der Waals surface area contributed by atoms with Gasteiger partial charge in [0.1, 0.15) is 10.7 Å². The van der Waals surface area contributed by atoms with Gasteiger partial charge in [-0.05, 0) is 16.0 Å². The van der Waals surface area contributed by atoms with Crippen LogP contribution in [0.4, 0.5) is 5.82 Å². The predicted molar refractivity (Wildman–Crippen MR) is 63.5 cm³/mol. The lowest BCUT2D eigenvalue weighted by atomic mass is 10.5. The molecule has 0 aromatic carbocycles. The Balaban J connectivity index is 2.13. The van der Waals surface area contributed by atoms with E-state index in [2.05, 4.69) is 19.7 Å². The number of nitrogens with zero attached hydrogens (tertiary/aromatic N) is 3. The topological polar surface area (TPSA) is 131 Å². The zero-order valence-corrected chi connectivity index (χ0v) is 10.3. The molecule has 9 nitrogen and oxygen atoms in total. The van der Waals surface area contributed by atoms with Crippen LogP contribution in [-0.2, 0) is 16.6 Å². The molecule has 19 heavy (non-hydrogen) atoms. The number of imidazole rings is 1. The van der Waals surface area contributed by atoms with Gasteiger partial charge in [0.05, 0.1) is 6.54 Å². The van der Waals surface area contributed by atoms with E-state index < -0.39 is 20.8 Å². The summed E-state index contributed by atoms with van der Waals surface area (Å²) >= 11 is 0. The van der Waals surface area contributed by atoms with Crippen LogP contribution >= 0.6 is 0 Å². The molecule has 0 radical (unpaired) electrons. The first kappa shape index (κ1) is 13.1. The van der Waals surface area contributed by atoms with Crippen molar-refractivity contribution in [2.45, 2.75) is 11.4 Å². The lowest BCUT2D eigenvalue weighted by molar-refractivity contribution is -0.389. The number of sulfonamides is 1. The monoisotopic (exact) mass is 283 g/mol. The number of aromatic nitrogens is 3. The third-order valence-corrected chi connectivity index (χ3v) is 3.59. The zero-order valence-electron chi connectivity index (χ0n) is 9.48. The second-order valence-corrected chi connectivity index (χ2v) is 5.24. The molecule has 100 valence electrons. The molecule has 2 heterocycles. The van der Waals surface area contributed by atoms with Gasteiger partial charge in [0.15, 0.2) is 6.20 Å². The molecule has 0 unspecified atom stereocenters. The highest BCUT2D eigenvalue weighted by Crippen LogP contribution is 2.12. The van der Waals surface area contributed by atoms with Crippen LogP contribution in [0.1, 0.15) is 5.82 Å². The van der Waals surface area contributed by atoms with Gasteiger partial charge < -0.3 is 15.1 Å². The van der Waals surface area contributed by atoms with Crippen LogP contribution in [-0.4, -0.2) is 28.3 Å². The number of hydrogen-bond acceptors (Lipinski definition) is 6. The summed E-state index contributed by atoms with van der Waals surface area (Å²) in [6.07, 6.45) is 4.00. The molecule has 0 aliphatic rings. The van der Waals surface area contributed by atoms with Gasteiger partial charge in [-0.15, -0.1) is 0 Å². The van der Waals surface area contributed by atoms with E-state index in [1.54, 1.807) is 6.20 Å². The van der Waals surface area contributed by atoms with Crippen molar-refractivity contribution in [2.75, 3.05) is 0 Å². The Labute approximate surface area is 107 Å². The molecular formula is C9H9N5O4S. The Bertz CT molecular complexity index is 665. The maximum atomic E-state index is 11.8. The molecule has 2 aromatic heterocycles. The molecule has 2 aromatic rings. The van der Waals surface area contributed by atoms with E-state index in [0.717, 1.165) is 18.3 Å². The van der Waals surface area contributed by atoms with Crippen molar-refractivity contribution >= 4 is 15.8 Å². The van der Waals surface area contributed by atoms with Crippen molar-refractivity contribution < 1.29 is 13.3 Å². The summed E-state index contributed by atoms with van der Waals surface area (Å²) < 4.78 is 26.0. The van der Waals surface area contributed by atoms with Gasteiger partial charge in [-0.2, -0.15) is 0 Å². The van der Waals surface area contributed by atoms with Crippen molar-refractivity contribution in [2.24, 2.45) is 0 Å². The molecule has 0 spiro atoms. The van der Waals surface area contributed by atoms with Gasteiger partial charge in [-0.25, -0.2) is 18.1 Å². The number of aromatic amines is 1. The van der Waals surface area contributed by atoms with Crippen LogP contribution in [0.15, 0.2) is 35.6 Å². The highest BCUT2D eigenvalue weighted by molar-refractivity contribution is 7.89. The van der Waals surface area contributed by atoms with Crippen LogP contribution in [0.3, 0.4) is 0 Å². The fraction of sp³-hybridized carbons (Fsp3) is 0.111. The normalized spacial score (nSPS) is 11.4. The first-order chi connectivity index (χ1) is 8.99. The fourth-order valence-electron chi connectivity index (χ4n) is 1.28. The Hall–Kier alpha value is -2.33. The highest BCUT2D eigenvalue weighted by atomic mass is 32.2. The van der Waals surface area contributed by atoms with Crippen molar-refractivity contribution in [3.8, 4) is 0 Å². The van der Waals surface area contributed by atoms with Gasteiger partial charge >= 0.3 is 5.82 Å². The summed E-state index contributed by atoms with van der Waals surface area (Å²) in [4.78, 5) is 19.6. The number of pyridine rings is 1. The van der Waals surface area contributed by atoms with Gasteiger partial charge in [0.25, 0.3) is 0 Å². The summed E-state index contributed by atoms with van der Waals surface area (Å²) in [5, 5.41) is 10.4. The maximum absolute atomic E-state index is 11.8. The SMILES string of the molecule is O=[N+]([O-])c1ccc(S(=O)(=O)NCc2ncc[nH]2)cn1. The smallest absolute Gasteiger partial charge is 0.358 e. The minimum Gasteiger partial charge on any atom is -0.358 e. The lowest BCUT2D eigenvalue weighted by Crippen LogP contribution is -2.24. The summed E-state index contributed by atoms with van der Waals surface area (Å²) in [6, 6.07) is 2.15. The van der Waals surface area contributed by atoms with E-state index in [9.17, 15) is 18.5 Å². The number of hydrogen-bond donors (Lipinski definition) is 2. The van der Waals surface area contributed by atoms with Gasteiger partial charge in [-0.3, -0.25) is 0 Å². The van der Waals surface area contributed by atoms with Gasteiger partial charge in [-0.1, -0.05) is 0 Å². The Morgan fingerprint density at radius 2 is 2.16 bits per heavy atom. The zero-order chi connectivity index (χ0) is 13.9. The molecule has 0 saturated carbocycles. The van der Waals surface area contributed by atoms with Crippen LogP contribution in [0.2, 0.25) is 0 Å². The number of H-pyrrole nitrogens is 1. The van der Waals surface area contributed by atoms with Crippen molar-refractivity contribution in [1.82, 2.24) is 19.7 Å². The number of nitro groups is 1. The van der Waals surface area contributed by atoms with Gasteiger partial charge in [0, 0.05) is 18.5 Å². The Kier molecular flexibility index (Phi) is 3.53. The maximum Gasteiger partial charge on any atom is 0.363 e. The average molecular weight is 283 g/mol. The van der Waals surface area contributed by atoms with Crippen LogP contribution < -0.4 is 4.72 Å². The average Bonchev–Trinajstić information content (AvgIpc) is 2.90. The van der Waals surface area contributed by atoms with E-state index in [1.165, 1.54) is 6.20 Å². The van der Waals surface area contributed by atoms with Crippen molar-refractivity contribution in [1.29, 1.82) is 0 Å². The lowest BCUT2D eigenvalue weighted by Gasteiger charge is -2.03. The number of rotatable bonds is 5. The Morgan fingerprint density at radius 3 is 2.68 bits per heavy atom. The third-order valence-electron chi connectivity index (χ3n) is 2.20. The first-order valence-corrected chi connectivity index (χ1v) is 6.56. The molecule has 0 bridgehead atoms. The quantitative estimate of drug-likeness (QED) is 0.595. The summed E-state index contributed by atoms with van der Waals surface area (Å²) in [5.41, 5.74) is 0. The third kappa shape index (κ3) is 3.11. The number of nitrogens with one attached hydrogen (secondary N) is 2. The van der Waals surface area contributed by atoms with Crippen LogP contribution in [0, 0.1) is 10.1 Å². The molecule has 0 fully saturated rings. The van der Waals surface area contributed by atoms with Crippen LogP contribution in [0.25, 0.3) is 0 Å². The van der Waals surface area contributed by atoms with Crippen molar-refractivity contribution in [3.05, 3.63) is 46.7 Å². The first-order valence-electron chi connectivity index (χ1n) is 5.07. The summed E-state index contributed by atoms with van der Waals surface area (Å²) in [5.74, 6) is 0.0448. The second kappa shape index (κ2) is 5.12. The molecule has 0 saturated heterocycles. The van der Waals surface area contributed by atoms with Crippen molar-refractivity contribution in [3.63, 3.8) is 0 Å². The van der Waals surface area contributed by atoms with E-state index in [0.29, 0.717) is 5.82 Å². The minimum absolute atomic E-state index is 0.00762. The van der Waals surface area contributed by atoms with Gasteiger partial charge in [0.2, 0.25) is 10.0 Å². The Morgan fingerprint density at radius 1 is 1.37 bits per heavy atom. The fourth-order valence-corrected chi connectivity index (χ4v) is 2.21. The second-order valence-electron chi connectivity index (χ2n) is 3.47. The molecule has 2 N–H and O–H groups in total. The predicted octanol–water partition coefficient (Wildman–Crippen LogP) is 0.191.